The van der Waals surface area contributed by atoms with Gasteiger partial charge in [-0.3, -0.25) is 9.00 Å². The van der Waals surface area contributed by atoms with Crippen molar-refractivity contribution in [1.29, 1.82) is 0 Å². The van der Waals surface area contributed by atoms with E-state index >= 15 is 0 Å². The van der Waals surface area contributed by atoms with E-state index in [4.69, 9.17) is 0 Å². The Hall–Kier alpha value is -2.03. The van der Waals surface area contributed by atoms with Crippen LogP contribution in [0.4, 0.5) is 5.69 Å². The van der Waals surface area contributed by atoms with Gasteiger partial charge in [0.2, 0.25) is 10.0 Å². The van der Waals surface area contributed by atoms with Crippen LogP contribution in [0.1, 0.15) is 49.9 Å². The monoisotopic (exact) mass is 448 g/mol. The Morgan fingerprint density at radius 1 is 0.933 bits per heavy atom. The average Bonchev–Trinajstić information content (AvgIpc) is 3.04. The molecule has 0 aromatic heterocycles. The molecule has 0 spiro atoms. The fourth-order valence-electron chi connectivity index (χ4n) is 3.36. The highest BCUT2D eigenvalue weighted by Crippen LogP contribution is 2.22. The maximum absolute atomic E-state index is 12.8. The van der Waals surface area contributed by atoms with E-state index in [1.54, 1.807) is 40.7 Å². The minimum atomic E-state index is -3.51. The first-order valence-corrected chi connectivity index (χ1v) is 12.9. The molecule has 3 rings (SSSR count). The standard InChI is InChI=1S/C22H28N2O4S2/c1-17(2)29(26)20-11-7-18(8-12-20)22(25)23-19-9-13-21(14-10-19)30(27,28)24-15-5-3-4-6-16-24/h7-14,17H,3-6,15-16H2,1-2H3,(H,23,25). The Morgan fingerprint density at radius 2 is 1.50 bits per heavy atom. The predicted molar refractivity (Wildman–Crippen MR) is 120 cm³/mol. The number of benzene rings is 2. The third kappa shape index (κ3) is 5.36. The van der Waals surface area contributed by atoms with Crippen LogP contribution < -0.4 is 5.32 Å². The summed E-state index contributed by atoms with van der Waals surface area (Å²) in [7, 11) is -4.61. The number of sulfonamides is 1. The summed E-state index contributed by atoms with van der Waals surface area (Å²) in [5.41, 5.74) is 0.963. The van der Waals surface area contributed by atoms with Gasteiger partial charge in [0.1, 0.15) is 0 Å². The summed E-state index contributed by atoms with van der Waals surface area (Å²) < 4.78 is 39.4. The second-order valence-electron chi connectivity index (χ2n) is 7.67. The number of hydrogen-bond acceptors (Lipinski definition) is 4. The number of carbonyl (C=O) groups excluding carboxylic acids is 1. The summed E-state index contributed by atoms with van der Waals surface area (Å²) in [6.07, 6.45) is 3.89. The molecule has 1 fully saturated rings. The number of hydrogen-bond donors (Lipinski definition) is 1. The van der Waals surface area contributed by atoms with Crippen molar-refractivity contribution in [2.45, 2.75) is 54.6 Å². The molecular formula is C22H28N2O4S2. The summed E-state index contributed by atoms with van der Waals surface area (Å²) in [6, 6.07) is 12.9. The smallest absolute Gasteiger partial charge is 0.255 e. The highest BCUT2D eigenvalue weighted by molar-refractivity contribution is 7.89. The molecular weight excluding hydrogens is 420 g/mol. The summed E-state index contributed by atoms with van der Waals surface area (Å²) in [6.45, 7) is 4.87. The van der Waals surface area contributed by atoms with E-state index in [9.17, 15) is 17.4 Å². The highest BCUT2D eigenvalue weighted by atomic mass is 32.2. The van der Waals surface area contributed by atoms with E-state index in [0.717, 1.165) is 25.7 Å². The number of carbonyl (C=O) groups is 1. The Kier molecular flexibility index (Phi) is 7.44. The zero-order chi connectivity index (χ0) is 21.7. The molecule has 0 saturated carbocycles. The topological polar surface area (TPSA) is 83.5 Å². The summed E-state index contributed by atoms with van der Waals surface area (Å²) >= 11 is 0. The molecule has 1 unspecified atom stereocenters. The van der Waals surface area contributed by atoms with Gasteiger partial charge in [-0.05, 0) is 61.4 Å². The van der Waals surface area contributed by atoms with Crippen molar-refractivity contribution < 1.29 is 17.4 Å². The first-order valence-electron chi connectivity index (χ1n) is 10.2. The van der Waals surface area contributed by atoms with Gasteiger partial charge in [-0.2, -0.15) is 4.31 Å². The van der Waals surface area contributed by atoms with E-state index in [-0.39, 0.29) is 16.1 Å². The lowest BCUT2D eigenvalue weighted by Gasteiger charge is -2.20. The fourth-order valence-corrected chi connectivity index (χ4v) is 5.82. The van der Waals surface area contributed by atoms with Gasteiger partial charge in [-0.1, -0.05) is 26.7 Å². The SMILES string of the molecule is CC(C)S(=O)c1ccc(C(=O)Nc2ccc(S(=O)(=O)N3CCCCCC3)cc2)cc1. The van der Waals surface area contributed by atoms with E-state index in [0.29, 0.717) is 29.2 Å². The second kappa shape index (κ2) is 9.85. The van der Waals surface area contributed by atoms with Crippen LogP contribution in [0.2, 0.25) is 0 Å². The first-order chi connectivity index (χ1) is 14.3. The quantitative estimate of drug-likeness (QED) is 0.723. The zero-order valence-electron chi connectivity index (χ0n) is 17.3. The van der Waals surface area contributed by atoms with Crippen LogP contribution in [0.25, 0.3) is 0 Å². The second-order valence-corrected chi connectivity index (χ2v) is 11.6. The molecule has 1 amide bonds. The number of rotatable bonds is 6. The lowest BCUT2D eigenvalue weighted by Crippen LogP contribution is -2.31. The minimum Gasteiger partial charge on any atom is -0.322 e. The predicted octanol–water partition coefficient (Wildman–Crippen LogP) is 4.02. The maximum atomic E-state index is 12.8. The van der Waals surface area contributed by atoms with Gasteiger partial charge in [-0.25, -0.2) is 8.42 Å². The average molecular weight is 449 g/mol. The third-order valence-electron chi connectivity index (χ3n) is 5.09. The van der Waals surface area contributed by atoms with Crippen LogP contribution in [0.5, 0.6) is 0 Å². The van der Waals surface area contributed by atoms with Gasteiger partial charge in [0.25, 0.3) is 5.91 Å². The van der Waals surface area contributed by atoms with Crippen molar-refractivity contribution in [3.8, 4) is 0 Å². The van der Waals surface area contributed by atoms with Crippen LogP contribution in [-0.4, -0.2) is 41.2 Å². The van der Waals surface area contributed by atoms with Crippen LogP contribution >= 0.6 is 0 Å². The molecule has 0 aliphatic carbocycles. The molecule has 162 valence electrons. The van der Waals surface area contributed by atoms with Gasteiger partial charge >= 0.3 is 0 Å². The number of nitrogens with zero attached hydrogens (tertiary/aromatic N) is 1. The zero-order valence-corrected chi connectivity index (χ0v) is 19.0. The van der Waals surface area contributed by atoms with Gasteiger partial charge in [0, 0.05) is 34.5 Å². The van der Waals surface area contributed by atoms with Crippen LogP contribution in [0.15, 0.2) is 58.3 Å². The fraction of sp³-hybridized carbons (Fsp3) is 0.409. The van der Waals surface area contributed by atoms with Crippen molar-refractivity contribution in [2.75, 3.05) is 18.4 Å². The van der Waals surface area contributed by atoms with Crippen LogP contribution in [0.3, 0.4) is 0 Å². The first kappa shape index (κ1) is 22.7. The van der Waals surface area contributed by atoms with Crippen LogP contribution in [-0.2, 0) is 20.8 Å². The lowest BCUT2D eigenvalue weighted by molar-refractivity contribution is 0.102. The Balaban J connectivity index is 1.68. The number of nitrogens with one attached hydrogen (secondary N) is 1. The Bertz CT molecular complexity index is 992. The summed E-state index contributed by atoms with van der Waals surface area (Å²) in [5, 5.41) is 2.78. The molecule has 1 heterocycles. The molecule has 1 atom stereocenters. The molecule has 0 bridgehead atoms. The summed E-state index contributed by atoms with van der Waals surface area (Å²) in [5.74, 6) is -0.306. The number of anilines is 1. The maximum Gasteiger partial charge on any atom is 0.255 e. The van der Waals surface area contributed by atoms with Gasteiger partial charge in [0.05, 0.1) is 15.7 Å². The summed E-state index contributed by atoms with van der Waals surface area (Å²) in [4.78, 5) is 13.4. The molecule has 0 radical (unpaired) electrons. The molecule has 8 heteroatoms. The third-order valence-corrected chi connectivity index (χ3v) is 8.60. The van der Waals surface area contributed by atoms with Crippen LogP contribution in [0, 0.1) is 0 Å². The molecule has 1 saturated heterocycles. The Morgan fingerprint density at radius 3 is 2.03 bits per heavy atom. The largest absolute Gasteiger partial charge is 0.322 e. The highest BCUT2D eigenvalue weighted by Gasteiger charge is 2.25. The van der Waals surface area contributed by atoms with Gasteiger partial charge in [0.15, 0.2) is 0 Å². The van der Waals surface area contributed by atoms with Gasteiger partial charge < -0.3 is 5.32 Å². The van der Waals surface area contributed by atoms with Crippen molar-refractivity contribution >= 4 is 32.4 Å². The molecule has 1 aliphatic heterocycles. The molecule has 2 aromatic rings. The molecule has 30 heavy (non-hydrogen) atoms. The number of amides is 1. The van der Waals surface area contributed by atoms with Gasteiger partial charge in [-0.15, -0.1) is 0 Å². The lowest BCUT2D eigenvalue weighted by atomic mass is 10.2. The minimum absolute atomic E-state index is 0.00813. The van der Waals surface area contributed by atoms with Crippen molar-refractivity contribution in [1.82, 2.24) is 4.31 Å². The molecule has 6 nitrogen and oxygen atoms in total. The molecule has 2 aromatic carbocycles. The van der Waals surface area contributed by atoms with E-state index < -0.39 is 20.8 Å². The van der Waals surface area contributed by atoms with Crippen molar-refractivity contribution in [2.24, 2.45) is 0 Å². The normalized spacial score (nSPS) is 16.8. The van der Waals surface area contributed by atoms with E-state index in [1.165, 1.54) is 12.1 Å². The van der Waals surface area contributed by atoms with Crippen molar-refractivity contribution in [3.05, 3.63) is 54.1 Å². The Labute approximate surface area is 181 Å². The molecule has 1 N–H and O–H groups in total. The van der Waals surface area contributed by atoms with E-state index in [1.807, 2.05) is 13.8 Å². The van der Waals surface area contributed by atoms with E-state index in [2.05, 4.69) is 5.32 Å². The molecule has 1 aliphatic rings. The van der Waals surface area contributed by atoms with Crippen molar-refractivity contribution in [3.63, 3.8) is 0 Å².